The molecule has 6 nitrogen and oxygen atoms in total. The zero-order valence-corrected chi connectivity index (χ0v) is 39.4. The first-order valence-electron chi connectivity index (χ1n) is 26.5. The molecule has 0 N–H and O–H groups in total. The van der Waals surface area contributed by atoms with Crippen LogP contribution in [0.25, 0.3) is 83.4 Å². The molecule has 0 aliphatic heterocycles. The topological polar surface area (TPSA) is 39.1 Å². The summed E-state index contributed by atoms with van der Waals surface area (Å²) in [5.41, 5.74) is 7.45. The third-order valence-electron chi connectivity index (χ3n) is 11.8. The molecule has 0 bridgehead atoms. The maximum atomic E-state index is 9.09. The van der Waals surface area contributed by atoms with Gasteiger partial charge in [-0.3, -0.25) is 4.57 Å². The molecule has 0 saturated carbocycles. The van der Waals surface area contributed by atoms with Gasteiger partial charge in [0.1, 0.15) is 5.82 Å². The van der Waals surface area contributed by atoms with Crippen molar-refractivity contribution in [2.24, 2.45) is 0 Å². The number of fused-ring (bicyclic) bond motifs is 4. The maximum absolute atomic E-state index is 9.09. The Morgan fingerprint density at radius 2 is 1.33 bits per heavy atom. The summed E-state index contributed by atoms with van der Waals surface area (Å²) < 4.78 is 99.9. The van der Waals surface area contributed by atoms with E-state index in [0.29, 0.717) is 28.2 Å². The molecule has 0 unspecified atom stereocenters. The number of nitrogens with zero attached hydrogens (tertiary/aromatic N) is 5. The van der Waals surface area contributed by atoms with Crippen LogP contribution in [-0.2, 0) is 26.5 Å². The molecule has 3 heterocycles. The number of benzene rings is 8. The Morgan fingerprint density at radius 1 is 0.627 bits per heavy atom. The number of rotatable bonds is 9. The van der Waals surface area contributed by atoms with Crippen LogP contribution in [-0.4, -0.2) is 28.2 Å². The summed E-state index contributed by atoms with van der Waals surface area (Å²) in [4.78, 5) is 6.82. The Kier molecular flexibility index (Phi) is 8.72. The molecule has 0 atom stereocenters. The fourth-order valence-corrected chi connectivity index (χ4v) is 8.46. The predicted octanol–water partition coefficient (Wildman–Crippen LogP) is 14.0. The monoisotopic (exact) mass is 1060 g/mol. The van der Waals surface area contributed by atoms with Gasteiger partial charge in [-0.1, -0.05) is 153 Å². The van der Waals surface area contributed by atoms with Gasteiger partial charge in [-0.15, -0.1) is 29.7 Å². The van der Waals surface area contributed by atoms with Gasteiger partial charge < -0.3 is 18.8 Å². The maximum Gasteiger partial charge on any atom is 0.268 e. The first kappa shape index (κ1) is 33.0. The van der Waals surface area contributed by atoms with Crippen molar-refractivity contribution in [3.8, 4) is 62.1 Å². The second-order valence-electron chi connectivity index (χ2n) is 17.2. The summed E-state index contributed by atoms with van der Waals surface area (Å²) in [6, 6.07) is 42.3. The third-order valence-corrected chi connectivity index (χ3v) is 11.8. The van der Waals surface area contributed by atoms with Crippen LogP contribution in [0.15, 0.2) is 194 Å². The molecule has 0 aliphatic carbocycles. The second kappa shape index (κ2) is 17.7. The molecular weight excluding hydrogens is 1000 g/mol. The van der Waals surface area contributed by atoms with Gasteiger partial charge in [0.2, 0.25) is 0 Å². The van der Waals surface area contributed by atoms with E-state index in [0.717, 1.165) is 50.0 Å². The molecule has 3 aromatic heterocycles. The number of pyridine rings is 1. The molecule has 330 valence electrons. The van der Waals surface area contributed by atoms with Crippen molar-refractivity contribution in [1.29, 1.82) is 0 Å². The van der Waals surface area contributed by atoms with Crippen LogP contribution in [0.3, 0.4) is 0 Å². The van der Waals surface area contributed by atoms with Crippen molar-refractivity contribution in [3.63, 3.8) is 0 Å². The molecule has 0 radical (unpaired) electrons. The summed E-state index contributed by atoms with van der Waals surface area (Å²) in [6.45, 7) is 6.52. The van der Waals surface area contributed by atoms with Gasteiger partial charge in [0.15, 0.2) is 0 Å². The van der Waals surface area contributed by atoms with E-state index in [9.17, 15) is 0 Å². The van der Waals surface area contributed by atoms with Crippen molar-refractivity contribution in [2.45, 2.75) is 26.2 Å². The van der Waals surface area contributed by atoms with E-state index in [2.05, 4.69) is 80.2 Å². The van der Waals surface area contributed by atoms with E-state index in [1.807, 2.05) is 91.9 Å². The number of hydrogen-bond donors (Lipinski definition) is 0. The molecule has 0 spiro atoms. The first-order valence-corrected chi connectivity index (χ1v) is 21.5. The fraction of sp³-hybridized carbons (Fsp3) is 0.100. The van der Waals surface area contributed by atoms with Crippen LogP contribution < -0.4 is 14.2 Å². The average molecular weight is 1060 g/mol. The number of aromatic nitrogens is 4. The van der Waals surface area contributed by atoms with Crippen LogP contribution in [0, 0.1) is 18.5 Å². The molecule has 0 fully saturated rings. The van der Waals surface area contributed by atoms with E-state index in [4.69, 9.17) is 23.4 Å². The molecule has 7 heteroatoms. The number of imidazole rings is 1. The van der Waals surface area contributed by atoms with Crippen molar-refractivity contribution >= 4 is 38.5 Å². The van der Waals surface area contributed by atoms with Gasteiger partial charge in [-0.25, -0.2) is 4.98 Å². The minimum absolute atomic E-state index is 0. The van der Waals surface area contributed by atoms with Crippen molar-refractivity contribution in [2.75, 3.05) is 19.0 Å². The molecule has 0 saturated heterocycles. The molecule has 11 rings (SSSR count). The van der Waals surface area contributed by atoms with Gasteiger partial charge in [0.25, 0.3) is 6.33 Å². The van der Waals surface area contributed by atoms with Crippen LogP contribution in [0.4, 0.5) is 5.69 Å². The fourth-order valence-electron chi connectivity index (χ4n) is 8.46. The average Bonchev–Trinajstić information content (AvgIpc) is 4.13. The second-order valence-corrected chi connectivity index (χ2v) is 17.2. The Morgan fingerprint density at radius 3 is 2.03 bits per heavy atom. The number of anilines is 1. The van der Waals surface area contributed by atoms with Gasteiger partial charge in [-0.2, -0.15) is 18.2 Å². The van der Waals surface area contributed by atoms with E-state index >= 15 is 0 Å². The van der Waals surface area contributed by atoms with Gasteiger partial charge in [-0.05, 0) is 85.8 Å². The van der Waals surface area contributed by atoms with E-state index in [1.54, 1.807) is 33.4 Å². The Balaban J connectivity index is 0.00000672. The summed E-state index contributed by atoms with van der Waals surface area (Å²) in [6.07, 6.45) is 5.30. The minimum Gasteiger partial charge on any atom is -0.510 e. The van der Waals surface area contributed by atoms with Crippen molar-refractivity contribution in [1.82, 2.24) is 14.1 Å². The Hall–Kier alpha value is -7.53. The number of para-hydroxylation sites is 1. The molecule has 11 aromatic rings. The molecule has 0 aliphatic rings. The SMILES string of the molecule is [2H]c1c([2H])c([2H])c(-c2cccc(-c3c([2H])c([2H])c([2H])c([2H])c3[2H])c2-[n+]2[c-]n(-c3[c-]c(Oc4[c-]c5c(cc4)c4cc(-c6ccccc6)ccc4n5-c4cc(C(C)(C)C)ccn4)ccc3)c3cc(N(C)C)ccc32)c([2H])c1[2H].[Pt]. The van der Waals surface area contributed by atoms with E-state index in [-0.39, 0.29) is 54.4 Å². The smallest absolute Gasteiger partial charge is 0.268 e. The van der Waals surface area contributed by atoms with E-state index < -0.39 is 60.4 Å². The van der Waals surface area contributed by atoms with Gasteiger partial charge in [0, 0.05) is 64.1 Å². The summed E-state index contributed by atoms with van der Waals surface area (Å²) >= 11 is 0. The van der Waals surface area contributed by atoms with Crippen molar-refractivity contribution < 1.29 is 44.1 Å². The number of ether oxygens (including phenoxy) is 1. The Bertz CT molecular complexity index is 4040. The minimum atomic E-state index is -0.577. The Labute approximate surface area is 420 Å². The zero-order valence-electron chi connectivity index (χ0n) is 47.2. The normalized spacial score (nSPS) is 13.6. The van der Waals surface area contributed by atoms with Crippen LogP contribution in [0.2, 0.25) is 0 Å². The largest absolute Gasteiger partial charge is 0.510 e. The van der Waals surface area contributed by atoms with Crippen molar-refractivity contribution in [3.05, 3.63) is 218 Å². The zero-order chi connectivity index (χ0) is 53.6. The summed E-state index contributed by atoms with van der Waals surface area (Å²) in [7, 11) is 3.81. The van der Waals surface area contributed by atoms with Crippen LogP contribution in [0.5, 0.6) is 11.5 Å². The third kappa shape index (κ3) is 8.13. The molecule has 8 aromatic carbocycles. The molecule has 67 heavy (non-hydrogen) atoms. The van der Waals surface area contributed by atoms with E-state index in [1.165, 1.54) is 0 Å². The van der Waals surface area contributed by atoms with Gasteiger partial charge >= 0.3 is 0 Å². The standard InChI is InChI=1S/C60H47N5O.Pt/c1-60(2,3)45-33-34-61-58(36-45)65-54-31-27-44(41-17-9-6-10-18-41)35-53(54)52-30-29-49(39-56(52)65)66-48-24-15-23-47(37-48)63-40-64(55-32-28-46(62(4)5)38-57(55)63)59-50(42-19-11-7-12-20-42)25-16-26-51(59)43-21-13-8-14-22-43;/h6-36,38H,1-5H3;/q-2;/i7D,8D,11D,12D,13D,14D,19D,20D,21D,22D;. The first-order chi connectivity index (χ1) is 36.3. The molecule has 0 amide bonds. The predicted molar refractivity (Wildman–Crippen MR) is 269 cm³/mol. The van der Waals surface area contributed by atoms with Crippen LogP contribution >= 0.6 is 0 Å². The van der Waals surface area contributed by atoms with Crippen LogP contribution in [0.1, 0.15) is 40.0 Å². The number of hydrogen-bond acceptors (Lipinski definition) is 3. The quantitative estimate of drug-likeness (QED) is 0.107. The van der Waals surface area contributed by atoms with Gasteiger partial charge in [0.05, 0.1) is 30.4 Å². The molecular formula is C60H47N5OPt-2. The summed E-state index contributed by atoms with van der Waals surface area (Å²) in [5, 5.41) is 1.99. The summed E-state index contributed by atoms with van der Waals surface area (Å²) in [5.74, 6) is 1.51.